The molecule has 4 aromatic rings. The fourth-order valence-corrected chi connectivity index (χ4v) is 3.45. The lowest BCUT2D eigenvalue weighted by atomic mass is 10.2. The number of amides is 2. The molecule has 4 rings (SSSR count). The number of fused-ring (bicyclic) bond motifs is 1. The molecule has 2 aromatic heterocycles. The van der Waals surface area contributed by atoms with Crippen LogP contribution in [0.4, 0.5) is 10.5 Å². The highest BCUT2D eigenvalue weighted by Gasteiger charge is 2.13. The van der Waals surface area contributed by atoms with E-state index >= 15 is 0 Å². The van der Waals surface area contributed by atoms with Crippen molar-refractivity contribution in [2.75, 3.05) is 26.1 Å². The van der Waals surface area contributed by atoms with Crippen molar-refractivity contribution < 1.29 is 19.0 Å². The Kier molecular flexibility index (Phi) is 7.24. The van der Waals surface area contributed by atoms with Gasteiger partial charge in [-0.25, -0.2) is 14.8 Å². The van der Waals surface area contributed by atoms with Crippen molar-refractivity contribution >= 4 is 34.2 Å². The number of benzene rings is 2. The van der Waals surface area contributed by atoms with Crippen molar-refractivity contribution in [3.63, 3.8) is 0 Å². The molecule has 2 amide bonds. The Balaban J connectivity index is 1.43. The van der Waals surface area contributed by atoms with Gasteiger partial charge in [0.25, 0.3) is 0 Å². The number of methoxy groups -OCH3 is 2. The molecule has 10 heteroatoms. The molecule has 174 valence electrons. The molecule has 2 aromatic carbocycles. The zero-order valence-corrected chi connectivity index (χ0v) is 19.3. The smallest absolute Gasteiger partial charge is 0.319 e. The van der Waals surface area contributed by atoms with Crippen LogP contribution < -0.4 is 24.8 Å². The topological polar surface area (TPSA) is 107 Å². The Morgan fingerprint density at radius 2 is 1.82 bits per heavy atom. The van der Waals surface area contributed by atoms with E-state index in [4.69, 9.17) is 25.8 Å². The number of nitrogens with one attached hydrogen (secondary N) is 2. The lowest BCUT2D eigenvalue weighted by Crippen LogP contribution is -2.30. The standard InChI is InChI=1S/C24H22ClN5O4/c1-32-21-12-17-20(13-22(21)33-2)28-14-29-23(17)34-16-6-7-19(18(25)11-16)30-24(31)27-10-8-15-5-3-4-9-26-15/h3-7,9,11-14H,8,10H2,1-2H3,(H2,27,30,31). The van der Waals surface area contributed by atoms with Gasteiger partial charge in [-0.15, -0.1) is 0 Å². The van der Waals surface area contributed by atoms with Crippen LogP contribution in [0.3, 0.4) is 0 Å². The van der Waals surface area contributed by atoms with E-state index in [1.165, 1.54) is 6.33 Å². The lowest BCUT2D eigenvalue weighted by molar-refractivity contribution is 0.252. The van der Waals surface area contributed by atoms with E-state index < -0.39 is 0 Å². The average molecular weight is 480 g/mol. The number of nitrogens with zero attached hydrogens (tertiary/aromatic N) is 3. The summed E-state index contributed by atoms with van der Waals surface area (Å²) < 4.78 is 16.6. The van der Waals surface area contributed by atoms with Gasteiger partial charge < -0.3 is 24.8 Å². The fraction of sp³-hybridized carbons (Fsp3) is 0.167. The van der Waals surface area contributed by atoms with Gasteiger partial charge in [0, 0.05) is 37.0 Å². The molecule has 2 heterocycles. The van der Waals surface area contributed by atoms with Crippen LogP contribution in [0.15, 0.2) is 61.1 Å². The Bertz CT molecular complexity index is 1300. The third-order valence-electron chi connectivity index (χ3n) is 4.90. The number of halogens is 1. The van der Waals surface area contributed by atoms with E-state index in [2.05, 4.69) is 25.6 Å². The van der Waals surface area contributed by atoms with E-state index in [1.54, 1.807) is 50.7 Å². The van der Waals surface area contributed by atoms with Crippen LogP contribution in [-0.4, -0.2) is 41.7 Å². The van der Waals surface area contributed by atoms with Gasteiger partial charge >= 0.3 is 6.03 Å². The molecule has 0 atom stereocenters. The molecule has 34 heavy (non-hydrogen) atoms. The van der Waals surface area contributed by atoms with Crippen LogP contribution in [0.1, 0.15) is 5.69 Å². The molecule has 0 fully saturated rings. The van der Waals surface area contributed by atoms with Crippen LogP contribution in [0.2, 0.25) is 5.02 Å². The summed E-state index contributed by atoms with van der Waals surface area (Å²) in [7, 11) is 3.11. The highest BCUT2D eigenvalue weighted by molar-refractivity contribution is 6.33. The predicted octanol–water partition coefficient (Wildman–Crippen LogP) is 4.85. The number of hydrogen-bond acceptors (Lipinski definition) is 7. The second-order valence-corrected chi connectivity index (χ2v) is 7.51. The molecule has 0 unspecified atom stereocenters. The fourth-order valence-electron chi connectivity index (χ4n) is 3.23. The van der Waals surface area contributed by atoms with Crippen molar-refractivity contribution in [3.05, 3.63) is 71.8 Å². The van der Waals surface area contributed by atoms with Crippen molar-refractivity contribution in [1.29, 1.82) is 0 Å². The Hall–Kier alpha value is -4.11. The first kappa shape index (κ1) is 23.1. The molecule has 0 aliphatic carbocycles. The summed E-state index contributed by atoms with van der Waals surface area (Å²) in [6.45, 7) is 0.441. The quantitative estimate of drug-likeness (QED) is 0.372. The highest BCUT2D eigenvalue weighted by Crippen LogP contribution is 2.36. The molecule has 0 saturated heterocycles. The van der Waals surface area contributed by atoms with Gasteiger partial charge in [-0.2, -0.15) is 0 Å². The first-order valence-electron chi connectivity index (χ1n) is 10.4. The summed E-state index contributed by atoms with van der Waals surface area (Å²) in [6, 6.07) is 13.7. The first-order chi connectivity index (χ1) is 16.6. The third-order valence-corrected chi connectivity index (χ3v) is 5.21. The van der Waals surface area contributed by atoms with Crippen molar-refractivity contribution in [3.8, 4) is 23.1 Å². The minimum atomic E-state index is -0.366. The van der Waals surface area contributed by atoms with Crippen LogP contribution >= 0.6 is 11.6 Å². The summed E-state index contributed by atoms with van der Waals surface area (Å²) >= 11 is 6.37. The van der Waals surface area contributed by atoms with Crippen molar-refractivity contribution in [1.82, 2.24) is 20.3 Å². The number of urea groups is 1. The normalized spacial score (nSPS) is 10.6. The monoisotopic (exact) mass is 479 g/mol. The minimum Gasteiger partial charge on any atom is -0.493 e. The molecule has 0 aliphatic rings. The Morgan fingerprint density at radius 1 is 1.00 bits per heavy atom. The SMILES string of the molecule is COc1cc2ncnc(Oc3ccc(NC(=O)NCCc4ccccn4)c(Cl)c3)c2cc1OC. The molecule has 0 aliphatic heterocycles. The van der Waals surface area contributed by atoms with Gasteiger partial charge in [-0.05, 0) is 30.3 Å². The summed E-state index contributed by atoms with van der Waals surface area (Å²) in [5.41, 5.74) is 1.98. The van der Waals surface area contributed by atoms with Crippen LogP contribution in [0.25, 0.3) is 10.9 Å². The number of ether oxygens (including phenoxy) is 3. The van der Waals surface area contributed by atoms with E-state index in [-0.39, 0.29) is 6.03 Å². The van der Waals surface area contributed by atoms with Crippen LogP contribution in [-0.2, 0) is 6.42 Å². The maximum absolute atomic E-state index is 12.2. The van der Waals surface area contributed by atoms with Gasteiger partial charge in [0.05, 0.1) is 35.8 Å². The number of pyridine rings is 1. The summed E-state index contributed by atoms with van der Waals surface area (Å²) in [5.74, 6) is 1.86. The maximum atomic E-state index is 12.2. The molecular formula is C24H22ClN5O4. The van der Waals surface area contributed by atoms with Gasteiger partial charge in [0.1, 0.15) is 12.1 Å². The molecule has 2 N–H and O–H groups in total. The summed E-state index contributed by atoms with van der Waals surface area (Å²) in [5, 5.41) is 6.47. The van der Waals surface area contributed by atoms with Gasteiger partial charge in [0.15, 0.2) is 11.5 Å². The minimum absolute atomic E-state index is 0.315. The predicted molar refractivity (Wildman–Crippen MR) is 129 cm³/mol. The zero-order chi connectivity index (χ0) is 23.9. The lowest BCUT2D eigenvalue weighted by Gasteiger charge is -2.13. The number of anilines is 1. The van der Waals surface area contributed by atoms with Gasteiger partial charge in [0.2, 0.25) is 5.88 Å². The number of aromatic nitrogens is 3. The van der Waals surface area contributed by atoms with Crippen molar-refractivity contribution in [2.45, 2.75) is 6.42 Å². The van der Waals surface area contributed by atoms with Crippen LogP contribution in [0, 0.1) is 0 Å². The average Bonchev–Trinajstić information content (AvgIpc) is 2.85. The number of rotatable bonds is 8. The van der Waals surface area contributed by atoms with E-state index in [1.807, 2.05) is 18.2 Å². The molecule has 0 bridgehead atoms. The van der Waals surface area contributed by atoms with Gasteiger partial charge in [-0.3, -0.25) is 4.98 Å². The second-order valence-electron chi connectivity index (χ2n) is 7.10. The first-order valence-corrected chi connectivity index (χ1v) is 10.7. The van der Waals surface area contributed by atoms with E-state index in [0.717, 1.165) is 5.69 Å². The maximum Gasteiger partial charge on any atom is 0.319 e. The van der Waals surface area contributed by atoms with E-state index in [9.17, 15) is 4.79 Å². The molecular weight excluding hydrogens is 458 g/mol. The molecule has 0 spiro atoms. The highest BCUT2D eigenvalue weighted by atomic mass is 35.5. The Morgan fingerprint density at radius 3 is 2.56 bits per heavy atom. The second kappa shape index (κ2) is 10.7. The zero-order valence-electron chi connectivity index (χ0n) is 18.5. The number of carbonyl (C=O) groups excluding carboxylic acids is 1. The number of hydrogen-bond donors (Lipinski definition) is 2. The Labute approximate surface area is 201 Å². The number of carbonyl (C=O) groups is 1. The van der Waals surface area contributed by atoms with Crippen molar-refractivity contribution in [2.24, 2.45) is 0 Å². The third kappa shape index (κ3) is 5.44. The largest absolute Gasteiger partial charge is 0.493 e. The molecule has 9 nitrogen and oxygen atoms in total. The molecule has 0 radical (unpaired) electrons. The van der Waals surface area contributed by atoms with E-state index in [0.29, 0.717) is 57.7 Å². The van der Waals surface area contributed by atoms with Crippen LogP contribution in [0.5, 0.6) is 23.1 Å². The summed E-state index contributed by atoms with van der Waals surface area (Å²) in [4.78, 5) is 24.9. The van der Waals surface area contributed by atoms with Gasteiger partial charge in [-0.1, -0.05) is 17.7 Å². The molecule has 0 saturated carbocycles. The summed E-state index contributed by atoms with van der Waals surface area (Å²) in [6.07, 6.45) is 3.74.